The SMILES string of the molecule is O=C(NCCCN1CCCC1)C1CCN(c2ccnc3cc(Cl)ccc23)CC1. The van der Waals surface area contributed by atoms with E-state index in [1.807, 2.05) is 24.4 Å². The number of likely N-dealkylation sites (tertiary alicyclic amines) is 1. The van der Waals surface area contributed by atoms with Crippen LogP contribution in [0.15, 0.2) is 30.5 Å². The molecule has 1 amide bonds. The highest BCUT2D eigenvalue weighted by Crippen LogP contribution is 2.30. The Morgan fingerprint density at radius 1 is 1.14 bits per heavy atom. The first-order chi connectivity index (χ1) is 13.7. The summed E-state index contributed by atoms with van der Waals surface area (Å²) in [6.07, 6.45) is 7.34. The molecule has 0 unspecified atom stereocenters. The highest BCUT2D eigenvalue weighted by atomic mass is 35.5. The summed E-state index contributed by atoms with van der Waals surface area (Å²) in [5, 5.41) is 4.99. The molecule has 4 rings (SSSR count). The lowest BCUT2D eigenvalue weighted by atomic mass is 9.95. The maximum atomic E-state index is 12.5. The Hall–Kier alpha value is -1.85. The maximum Gasteiger partial charge on any atom is 0.223 e. The van der Waals surface area contributed by atoms with Gasteiger partial charge < -0.3 is 15.1 Å². The van der Waals surface area contributed by atoms with Crippen LogP contribution in [0.2, 0.25) is 5.02 Å². The zero-order chi connectivity index (χ0) is 19.3. The van der Waals surface area contributed by atoms with Gasteiger partial charge in [-0.25, -0.2) is 0 Å². The topological polar surface area (TPSA) is 48.5 Å². The third-order valence-electron chi connectivity index (χ3n) is 6.04. The van der Waals surface area contributed by atoms with Crippen molar-refractivity contribution in [3.05, 3.63) is 35.5 Å². The number of amides is 1. The fraction of sp³-hybridized carbons (Fsp3) is 0.545. The van der Waals surface area contributed by atoms with Crippen LogP contribution in [0, 0.1) is 5.92 Å². The quantitative estimate of drug-likeness (QED) is 0.751. The smallest absolute Gasteiger partial charge is 0.223 e. The summed E-state index contributed by atoms with van der Waals surface area (Å²) in [6, 6.07) is 7.92. The minimum atomic E-state index is 0.130. The number of aromatic nitrogens is 1. The molecule has 1 aromatic heterocycles. The second-order valence-electron chi connectivity index (χ2n) is 7.95. The molecule has 2 saturated heterocycles. The van der Waals surface area contributed by atoms with Crippen molar-refractivity contribution in [2.75, 3.05) is 44.2 Å². The van der Waals surface area contributed by atoms with Gasteiger partial charge in [0.1, 0.15) is 0 Å². The molecular weight excluding hydrogens is 372 g/mol. The largest absolute Gasteiger partial charge is 0.371 e. The van der Waals surface area contributed by atoms with E-state index >= 15 is 0 Å². The average Bonchev–Trinajstić information content (AvgIpc) is 3.24. The molecule has 0 atom stereocenters. The van der Waals surface area contributed by atoms with E-state index < -0.39 is 0 Å². The number of hydrogen-bond donors (Lipinski definition) is 1. The fourth-order valence-corrected chi connectivity index (χ4v) is 4.60. The molecule has 2 aliphatic rings. The Morgan fingerprint density at radius 2 is 1.93 bits per heavy atom. The number of nitrogens with one attached hydrogen (secondary N) is 1. The maximum absolute atomic E-state index is 12.5. The van der Waals surface area contributed by atoms with Gasteiger partial charge in [-0.15, -0.1) is 0 Å². The summed E-state index contributed by atoms with van der Waals surface area (Å²) < 4.78 is 0. The predicted octanol–water partition coefficient (Wildman–Crippen LogP) is 3.71. The number of rotatable bonds is 6. The van der Waals surface area contributed by atoms with Crippen LogP contribution >= 0.6 is 11.6 Å². The summed E-state index contributed by atoms with van der Waals surface area (Å²) in [6.45, 7) is 6.15. The van der Waals surface area contributed by atoms with Crippen LogP contribution in [-0.4, -0.2) is 55.1 Å². The number of benzene rings is 1. The van der Waals surface area contributed by atoms with Crippen molar-refractivity contribution >= 4 is 34.1 Å². The van der Waals surface area contributed by atoms with Gasteiger partial charge in [0.25, 0.3) is 0 Å². The summed E-state index contributed by atoms with van der Waals surface area (Å²) in [4.78, 5) is 21.8. The van der Waals surface area contributed by atoms with Crippen molar-refractivity contribution in [1.29, 1.82) is 0 Å². The predicted molar refractivity (Wildman–Crippen MR) is 115 cm³/mol. The van der Waals surface area contributed by atoms with Crippen LogP contribution < -0.4 is 10.2 Å². The van der Waals surface area contributed by atoms with Crippen molar-refractivity contribution in [3.8, 4) is 0 Å². The number of nitrogens with zero attached hydrogens (tertiary/aromatic N) is 3. The minimum absolute atomic E-state index is 0.130. The standard InChI is InChI=1S/C22H29ClN4O/c23-18-4-5-19-20(16-18)24-10-6-21(19)27-14-7-17(8-15-27)22(28)25-9-3-13-26-11-1-2-12-26/h4-6,10,16-17H,1-3,7-9,11-15H2,(H,25,28). The first-order valence-corrected chi connectivity index (χ1v) is 10.9. The fourth-order valence-electron chi connectivity index (χ4n) is 4.43. The Morgan fingerprint density at radius 3 is 2.71 bits per heavy atom. The number of piperidine rings is 1. The van der Waals surface area contributed by atoms with Crippen LogP contribution in [0.1, 0.15) is 32.1 Å². The van der Waals surface area contributed by atoms with Gasteiger partial charge in [-0.05, 0) is 76.0 Å². The van der Waals surface area contributed by atoms with E-state index in [1.165, 1.54) is 31.6 Å². The number of halogens is 1. The van der Waals surface area contributed by atoms with Gasteiger partial charge >= 0.3 is 0 Å². The van der Waals surface area contributed by atoms with Gasteiger partial charge in [-0.2, -0.15) is 0 Å². The monoisotopic (exact) mass is 400 g/mol. The molecule has 3 heterocycles. The molecule has 0 saturated carbocycles. The normalized spacial score (nSPS) is 18.7. The number of anilines is 1. The van der Waals surface area contributed by atoms with Crippen molar-refractivity contribution in [2.45, 2.75) is 32.1 Å². The van der Waals surface area contributed by atoms with Crippen LogP contribution in [0.3, 0.4) is 0 Å². The second-order valence-corrected chi connectivity index (χ2v) is 8.38. The number of hydrogen-bond acceptors (Lipinski definition) is 4. The molecule has 0 radical (unpaired) electrons. The summed E-state index contributed by atoms with van der Waals surface area (Å²) in [5.74, 6) is 0.359. The van der Waals surface area contributed by atoms with Crippen LogP contribution in [0.5, 0.6) is 0 Å². The molecule has 0 spiro atoms. The number of pyridine rings is 1. The van der Waals surface area contributed by atoms with Crippen LogP contribution in [0.25, 0.3) is 10.9 Å². The van der Waals surface area contributed by atoms with E-state index in [0.717, 1.165) is 56.3 Å². The summed E-state index contributed by atoms with van der Waals surface area (Å²) in [5.41, 5.74) is 2.11. The molecule has 1 aromatic carbocycles. The lowest BCUT2D eigenvalue weighted by Crippen LogP contribution is -2.41. The van der Waals surface area contributed by atoms with E-state index in [2.05, 4.69) is 26.2 Å². The van der Waals surface area contributed by atoms with Crippen molar-refractivity contribution < 1.29 is 4.79 Å². The molecule has 1 N–H and O–H groups in total. The molecule has 2 aliphatic heterocycles. The third-order valence-corrected chi connectivity index (χ3v) is 6.27. The molecule has 28 heavy (non-hydrogen) atoms. The van der Waals surface area contributed by atoms with Crippen molar-refractivity contribution in [1.82, 2.24) is 15.2 Å². The van der Waals surface area contributed by atoms with Gasteiger partial charge in [-0.3, -0.25) is 9.78 Å². The third kappa shape index (κ3) is 4.58. The number of fused-ring (bicyclic) bond motifs is 1. The Bertz CT molecular complexity index is 813. The van der Waals surface area contributed by atoms with Crippen molar-refractivity contribution in [2.24, 2.45) is 5.92 Å². The highest BCUT2D eigenvalue weighted by molar-refractivity contribution is 6.31. The lowest BCUT2D eigenvalue weighted by molar-refractivity contribution is -0.125. The Labute approximate surface area is 172 Å². The van der Waals surface area contributed by atoms with Crippen LogP contribution in [0.4, 0.5) is 5.69 Å². The van der Waals surface area contributed by atoms with Gasteiger partial charge in [0.05, 0.1) is 5.52 Å². The molecule has 150 valence electrons. The molecule has 2 aromatic rings. The molecule has 0 aliphatic carbocycles. The molecule has 5 nitrogen and oxygen atoms in total. The van der Waals surface area contributed by atoms with E-state index in [9.17, 15) is 4.79 Å². The van der Waals surface area contributed by atoms with E-state index in [0.29, 0.717) is 5.02 Å². The number of carbonyl (C=O) groups excluding carboxylic acids is 1. The zero-order valence-electron chi connectivity index (χ0n) is 16.4. The first-order valence-electron chi connectivity index (χ1n) is 10.5. The van der Waals surface area contributed by atoms with Crippen molar-refractivity contribution in [3.63, 3.8) is 0 Å². The Kier molecular flexibility index (Phi) is 6.33. The molecule has 2 fully saturated rings. The molecule has 6 heteroatoms. The van der Waals surface area contributed by atoms with E-state index in [-0.39, 0.29) is 11.8 Å². The van der Waals surface area contributed by atoms with E-state index in [4.69, 9.17) is 11.6 Å². The van der Waals surface area contributed by atoms with Crippen LogP contribution in [-0.2, 0) is 4.79 Å². The van der Waals surface area contributed by atoms with E-state index in [1.54, 1.807) is 0 Å². The highest BCUT2D eigenvalue weighted by Gasteiger charge is 2.25. The average molecular weight is 401 g/mol. The number of carbonyl (C=O) groups is 1. The summed E-state index contributed by atoms with van der Waals surface area (Å²) in [7, 11) is 0. The Balaban J connectivity index is 1.27. The van der Waals surface area contributed by atoms with Gasteiger partial charge in [0.2, 0.25) is 5.91 Å². The lowest BCUT2D eigenvalue weighted by Gasteiger charge is -2.33. The second kappa shape index (κ2) is 9.10. The van der Waals surface area contributed by atoms with Gasteiger partial charge in [-0.1, -0.05) is 11.6 Å². The van der Waals surface area contributed by atoms with Gasteiger partial charge in [0, 0.05) is 47.8 Å². The summed E-state index contributed by atoms with van der Waals surface area (Å²) >= 11 is 6.10. The molecule has 0 bridgehead atoms. The minimum Gasteiger partial charge on any atom is -0.371 e. The zero-order valence-corrected chi connectivity index (χ0v) is 17.1. The van der Waals surface area contributed by atoms with Gasteiger partial charge in [0.15, 0.2) is 0 Å². The molecular formula is C22H29ClN4O. The first kappa shape index (κ1) is 19.5.